The molecule has 22 heavy (non-hydrogen) atoms. The molecule has 3 rings (SSSR count). The van der Waals surface area contributed by atoms with Crippen LogP contribution in [0.25, 0.3) is 0 Å². The fourth-order valence-corrected chi connectivity index (χ4v) is 3.57. The molecule has 0 radical (unpaired) electrons. The lowest BCUT2D eigenvalue weighted by Gasteiger charge is -2.31. The van der Waals surface area contributed by atoms with Crippen molar-refractivity contribution < 1.29 is 9.53 Å². The fourth-order valence-electron chi connectivity index (χ4n) is 3.57. The van der Waals surface area contributed by atoms with Gasteiger partial charge in [-0.05, 0) is 37.2 Å². The Morgan fingerprint density at radius 2 is 2.09 bits per heavy atom. The molecule has 0 spiro atoms. The molecular formula is C19H25NO2. The number of fused-ring (bicyclic) bond motifs is 1. The van der Waals surface area contributed by atoms with Crippen molar-refractivity contribution in [1.29, 1.82) is 0 Å². The summed E-state index contributed by atoms with van der Waals surface area (Å²) in [5, 5.41) is 0. The Balaban J connectivity index is 1.37. The average molecular weight is 299 g/mol. The highest BCUT2D eigenvalue weighted by molar-refractivity contribution is 5.77. The minimum absolute atomic E-state index is 0.360. The molecule has 3 heteroatoms. The van der Waals surface area contributed by atoms with Crippen LogP contribution in [0.15, 0.2) is 42.5 Å². The molecule has 2 heterocycles. The van der Waals surface area contributed by atoms with Gasteiger partial charge < -0.3 is 9.64 Å². The second kappa shape index (κ2) is 7.59. The van der Waals surface area contributed by atoms with Crippen LogP contribution in [0.2, 0.25) is 0 Å². The van der Waals surface area contributed by atoms with Crippen molar-refractivity contribution in [3.05, 3.63) is 48.0 Å². The second-order valence-corrected chi connectivity index (χ2v) is 6.25. The van der Waals surface area contributed by atoms with Crippen molar-refractivity contribution in [2.45, 2.75) is 44.8 Å². The van der Waals surface area contributed by atoms with Crippen LogP contribution in [0.3, 0.4) is 0 Å². The first-order chi connectivity index (χ1) is 10.8. The van der Waals surface area contributed by atoms with Gasteiger partial charge in [0.25, 0.3) is 0 Å². The number of ether oxygens (including phenoxy) is 1. The van der Waals surface area contributed by atoms with E-state index in [-0.39, 0.29) is 0 Å². The zero-order valence-electron chi connectivity index (χ0n) is 13.1. The number of rotatable bonds is 6. The molecular weight excluding hydrogens is 274 g/mol. The van der Waals surface area contributed by atoms with Gasteiger partial charge >= 0.3 is 0 Å². The van der Waals surface area contributed by atoms with Gasteiger partial charge in [0, 0.05) is 19.0 Å². The Morgan fingerprint density at radius 3 is 2.95 bits per heavy atom. The first-order valence-corrected chi connectivity index (χ1v) is 8.42. The minimum Gasteiger partial charge on any atom is -0.376 e. The van der Waals surface area contributed by atoms with Crippen molar-refractivity contribution >= 4 is 5.91 Å². The Labute approximate surface area is 133 Å². The minimum atomic E-state index is 0.360. The van der Waals surface area contributed by atoms with E-state index in [1.807, 2.05) is 18.2 Å². The molecule has 118 valence electrons. The number of hydrogen-bond donors (Lipinski definition) is 0. The summed E-state index contributed by atoms with van der Waals surface area (Å²) in [6.07, 6.45) is 9.60. The molecule has 2 saturated heterocycles. The molecule has 2 aliphatic rings. The molecule has 2 atom stereocenters. The van der Waals surface area contributed by atoms with E-state index in [0.29, 0.717) is 24.5 Å². The maximum absolute atomic E-state index is 11.9. The zero-order valence-corrected chi connectivity index (χ0v) is 13.1. The summed E-state index contributed by atoms with van der Waals surface area (Å²) in [5.41, 5.74) is 1.22. The summed E-state index contributed by atoms with van der Waals surface area (Å²) in [5.74, 6) is 0.914. The van der Waals surface area contributed by atoms with Crippen LogP contribution < -0.4 is 0 Å². The second-order valence-electron chi connectivity index (χ2n) is 6.25. The van der Waals surface area contributed by atoms with Crippen LogP contribution in [0.1, 0.15) is 37.7 Å². The van der Waals surface area contributed by atoms with Crippen molar-refractivity contribution in [1.82, 2.24) is 4.90 Å². The van der Waals surface area contributed by atoms with Crippen LogP contribution in [-0.4, -0.2) is 30.0 Å². The van der Waals surface area contributed by atoms with E-state index in [2.05, 4.69) is 29.2 Å². The van der Waals surface area contributed by atoms with Crippen LogP contribution in [0, 0.1) is 5.92 Å². The first kappa shape index (κ1) is 15.3. The molecule has 0 N–H and O–H groups in total. The highest BCUT2D eigenvalue weighted by Crippen LogP contribution is 2.33. The average Bonchev–Trinajstić information content (AvgIpc) is 2.96. The summed E-state index contributed by atoms with van der Waals surface area (Å²) >= 11 is 0. The van der Waals surface area contributed by atoms with Crippen molar-refractivity contribution in [3.63, 3.8) is 0 Å². The highest BCUT2D eigenvalue weighted by atomic mass is 16.5. The zero-order chi connectivity index (χ0) is 15.2. The molecule has 2 fully saturated rings. The van der Waals surface area contributed by atoms with Gasteiger partial charge in [-0.2, -0.15) is 0 Å². The topological polar surface area (TPSA) is 29.5 Å². The summed E-state index contributed by atoms with van der Waals surface area (Å²) in [7, 11) is 0. The Morgan fingerprint density at radius 1 is 1.23 bits per heavy atom. The van der Waals surface area contributed by atoms with Crippen LogP contribution in [-0.2, 0) is 16.1 Å². The summed E-state index contributed by atoms with van der Waals surface area (Å²) in [6, 6.07) is 10.7. The van der Waals surface area contributed by atoms with E-state index in [1.54, 1.807) is 0 Å². The molecule has 1 amide bonds. The normalized spacial score (nSPS) is 24.9. The van der Waals surface area contributed by atoms with E-state index in [1.165, 1.54) is 12.0 Å². The van der Waals surface area contributed by atoms with Gasteiger partial charge in [-0.15, -0.1) is 0 Å². The van der Waals surface area contributed by atoms with Crippen molar-refractivity contribution in [3.8, 4) is 0 Å². The standard InChI is InChI=1S/C19H25NO2/c21-19-11-6-10-18-17(12-13-20(18)19)9-4-5-14-22-15-16-7-2-1-3-8-16/h1-4,7-9,17-18H,5-6,10-15H2/b9-4+/t17-,18+/m1/s1. The number of benzene rings is 1. The maximum atomic E-state index is 11.9. The third-order valence-electron chi connectivity index (χ3n) is 4.73. The Hall–Kier alpha value is -1.61. The van der Waals surface area contributed by atoms with Gasteiger partial charge in [0.05, 0.1) is 13.2 Å². The third-order valence-corrected chi connectivity index (χ3v) is 4.73. The summed E-state index contributed by atoms with van der Waals surface area (Å²) in [4.78, 5) is 14.0. The van der Waals surface area contributed by atoms with E-state index in [4.69, 9.17) is 4.74 Å². The molecule has 0 bridgehead atoms. The molecule has 1 aromatic rings. The van der Waals surface area contributed by atoms with Crippen LogP contribution in [0.4, 0.5) is 0 Å². The fraction of sp³-hybridized carbons (Fsp3) is 0.526. The van der Waals surface area contributed by atoms with Crippen LogP contribution >= 0.6 is 0 Å². The van der Waals surface area contributed by atoms with E-state index < -0.39 is 0 Å². The monoisotopic (exact) mass is 299 g/mol. The maximum Gasteiger partial charge on any atom is 0.222 e. The number of amides is 1. The first-order valence-electron chi connectivity index (χ1n) is 8.42. The Kier molecular flexibility index (Phi) is 5.28. The molecule has 3 nitrogen and oxygen atoms in total. The van der Waals surface area contributed by atoms with Gasteiger partial charge in [0.2, 0.25) is 5.91 Å². The van der Waals surface area contributed by atoms with Crippen molar-refractivity contribution in [2.24, 2.45) is 5.92 Å². The van der Waals surface area contributed by atoms with Crippen molar-refractivity contribution in [2.75, 3.05) is 13.2 Å². The van der Waals surface area contributed by atoms with E-state index >= 15 is 0 Å². The predicted molar refractivity (Wildman–Crippen MR) is 87.3 cm³/mol. The molecule has 1 aromatic carbocycles. The van der Waals surface area contributed by atoms with Gasteiger partial charge in [-0.3, -0.25) is 4.79 Å². The largest absolute Gasteiger partial charge is 0.376 e. The lowest BCUT2D eigenvalue weighted by atomic mass is 9.92. The number of carbonyl (C=O) groups is 1. The van der Waals surface area contributed by atoms with Crippen LogP contribution in [0.5, 0.6) is 0 Å². The highest BCUT2D eigenvalue weighted by Gasteiger charge is 2.37. The summed E-state index contributed by atoms with van der Waals surface area (Å²) in [6.45, 7) is 2.39. The molecule has 0 saturated carbocycles. The van der Waals surface area contributed by atoms with E-state index in [0.717, 1.165) is 38.8 Å². The van der Waals surface area contributed by atoms with Gasteiger partial charge in [-0.25, -0.2) is 0 Å². The SMILES string of the molecule is O=C1CCC[C@H]2[C@H](/C=C/CCOCc3ccccc3)CCN12. The summed E-state index contributed by atoms with van der Waals surface area (Å²) < 4.78 is 5.69. The predicted octanol–water partition coefficient (Wildman–Crippen LogP) is 3.55. The number of nitrogens with zero attached hydrogens (tertiary/aromatic N) is 1. The van der Waals surface area contributed by atoms with E-state index in [9.17, 15) is 4.79 Å². The van der Waals surface area contributed by atoms with Gasteiger partial charge in [-0.1, -0.05) is 42.5 Å². The molecule has 0 unspecified atom stereocenters. The Bertz CT molecular complexity index is 511. The van der Waals surface area contributed by atoms with Gasteiger partial charge in [0.15, 0.2) is 0 Å². The third kappa shape index (κ3) is 3.77. The molecule has 2 aliphatic heterocycles. The quantitative estimate of drug-likeness (QED) is 0.594. The lowest BCUT2D eigenvalue weighted by Crippen LogP contribution is -2.40. The smallest absolute Gasteiger partial charge is 0.222 e. The lowest BCUT2D eigenvalue weighted by molar-refractivity contribution is -0.134. The number of hydrogen-bond acceptors (Lipinski definition) is 2. The van der Waals surface area contributed by atoms with Gasteiger partial charge in [0.1, 0.15) is 0 Å². The number of piperidine rings is 1. The molecule has 0 aromatic heterocycles. The molecule has 0 aliphatic carbocycles. The number of carbonyl (C=O) groups excluding carboxylic acids is 1.